The average Bonchev–Trinajstić information content (AvgIpc) is 3.07. The first kappa shape index (κ1) is 19.7. The number of sulfonamides is 1. The highest BCUT2D eigenvalue weighted by Gasteiger charge is 2.26. The van der Waals surface area contributed by atoms with Crippen molar-refractivity contribution in [3.8, 4) is 0 Å². The smallest absolute Gasteiger partial charge is 0.261 e. The van der Waals surface area contributed by atoms with Crippen molar-refractivity contribution >= 4 is 38.3 Å². The molecule has 28 heavy (non-hydrogen) atoms. The summed E-state index contributed by atoms with van der Waals surface area (Å²) in [6.07, 6.45) is 3.09. The third kappa shape index (κ3) is 3.93. The molecule has 3 aromatic rings. The lowest BCUT2D eigenvalue weighted by Gasteiger charge is -2.13. The number of halogens is 3. The van der Waals surface area contributed by atoms with Crippen molar-refractivity contribution in [2.75, 3.05) is 15.8 Å². The van der Waals surface area contributed by atoms with Crippen LogP contribution in [0.25, 0.3) is 11.0 Å². The highest BCUT2D eigenvalue weighted by atomic mass is 32.2. The molecule has 0 aliphatic rings. The maximum Gasteiger partial charge on any atom is 0.261 e. The number of benzene rings is 1. The highest BCUT2D eigenvalue weighted by molar-refractivity contribution is 7.92. The van der Waals surface area contributed by atoms with Crippen molar-refractivity contribution < 1.29 is 26.4 Å². The molecule has 0 aliphatic heterocycles. The summed E-state index contributed by atoms with van der Waals surface area (Å²) in [6, 6.07) is 3.51. The number of fused-ring (bicyclic) bond motifs is 1. The predicted molar refractivity (Wildman–Crippen MR) is 98.1 cm³/mol. The fraction of sp³-hybridized carbons (Fsp3) is 0.176. The van der Waals surface area contributed by atoms with Gasteiger partial charge in [-0.15, -0.1) is 0 Å². The molecular weight excluding hydrogens is 397 g/mol. The van der Waals surface area contributed by atoms with Gasteiger partial charge in [0, 0.05) is 17.6 Å². The maximum absolute atomic E-state index is 14.6. The molecule has 3 N–H and O–H groups in total. The molecule has 3 rings (SSSR count). The standard InChI is InChI=1S/C17H15F3N4O3S/c1-2-5-28(26,27)24-12-7-11(18)14(19)13(15(12)20)17(25)23-10-6-9-3-4-21-16(9)22-8-10/h3-4,6-8,24H,2,5H2,1H3,(H,21,22)(H,23,25). The lowest BCUT2D eigenvalue weighted by atomic mass is 10.1. The Kier molecular flexibility index (Phi) is 5.27. The third-order valence-corrected chi connectivity index (χ3v) is 5.26. The molecule has 0 saturated heterocycles. The van der Waals surface area contributed by atoms with Crippen molar-refractivity contribution in [2.24, 2.45) is 0 Å². The Morgan fingerprint density at radius 2 is 1.96 bits per heavy atom. The van der Waals surface area contributed by atoms with E-state index < -0.39 is 44.6 Å². The number of aromatic amines is 1. The second-order valence-electron chi connectivity index (χ2n) is 5.92. The van der Waals surface area contributed by atoms with Crippen LogP contribution in [0.15, 0.2) is 30.6 Å². The molecule has 1 amide bonds. The summed E-state index contributed by atoms with van der Waals surface area (Å²) in [5.41, 5.74) is -1.44. The van der Waals surface area contributed by atoms with Crippen LogP contribution in [0.3, 0.4) is 0 Å². The molecule has 2 heterocycles. The van der Waals surface area contributed by atoms with Crippen LogP contribution in [0, 0.1) is 17.5 Å². The number of hydrogen-bond donors (Lipinski definition) is 3. The molecule has 0 atom stereocenters. The first-order valence-electron chi connectivity index (χ1n) is 8.14. The Balaban J connectivity index is 1.96. The molecule has 0 fully saturated rings. The van der Waals surface area contributed by atoms with E-state index in [1.807, 2.05) is 4.72 Å². The van der Waals surface area contributed by atoms with E-state index in [0.29, 0.717) is 17.1 Å². The summed E-state index contributed by atoms with van der Waals surface area (Å²) in [7, 11) is -3.98. The molecular formula is C17H15F3N4O3S. The topological polar surface area (TPSA) is 104 Å². The number of aromatic nitrogens is 2. The van der Waals surface area contributed by atoms with Gasteiger partial charge in [0.25, 0.3) is 5.91 Å². The molecule has 1 aromatic carbocycles. The molecule has 0 bridgehead atoms. The van der Waals surface area contributed by atoms with Gasteiger partial charge in [-0.1, -0.05) is 6.92 Å². The van der Waals surface area contributed by atoms with Gasteiger partial charge in [0.2, 0.25) is 10.0 Å². The van der Waals surface area contributed by atoms with Crippen LogP contribution < -0.4 is 10.0 Å². The van der Waals surface area contributed by atoms with E-state index in [-0.39, 0.29) is 17.9 Å². The number of rotatable bonds is 6. The third-order valence-electron chi connectivity index (χ3n) is 3.78. The van der Waals surface area contributed by atoms with E-state index >= 15 is 0 Å². The minimum Gasteiger partial charge on any atom is -0.346 e. The fourth-order valence-corrected chi connectivity index (χ4v) is 3.69. The molecule has 0 spiro atoms. The summed E-state index contributed by atoms with van der Waals surface area (Å²) in [6.45, 7) is 1.58. The van der Waals surface area contributed by atoms with Crippen LogP contribution in [0.2, 0.25) is 0 Å². The number of hydrogen-bond acceptors (Lipinski definition) is 4. The Morgan fingerprint density at radius 1 is 1.21 bits per heavy atom. The summed E-state index contributed by atoms with van der Waals surface area (Å²) in [4.78, 5) is 19.2. The number of pyridine rings is 1. The zero-order valence-corrected chi connectivity index (χ0v) is 15.3. The first-order chi connectivity index (χ1) is 13.2. The minimum atomic E-state index is -3.98. The first-order valence-corrected chi connectivity index (χ1v) is 9.79. The van der Waals surface area contributed by atoms with Crippen molar-refractivity contribution in [1.29, 1.82) is 0 Å². The Hall–Kier alpha value is -3.08. The van der Waals surface area contributed by atoms with Crippen molar-refractivity contribution in [3.63, 3.8) is 0 Å². The number of H-pyrrole nitrogens is 1. The molecule has 0 aliphatic carbocycles. The van der Waals surface area contributed by atoms with Gasteiger partial charge < -0.3 is 10.3 Å². The van der Waals surface area contributed by atoms with E-state index in [1.54, 1.807) is 19.2 Å². The second kappa shape index (κ2) is 7.50. The molecule has 0 saturated carbocycles. The summed E-state index contributed by atoms with van der Waals surface area (Å²) in [5.74, 6) is -6.46. The van der Waals surface area contributed by atoms with E-state index in [9.17, 15) is 26.4 Å². The average molecular weight is 412 g/mol. The molecule has 148 valence electrons. The van der Waals surface area contributed by atoms with Crippen LogP contribution in [0.5, 0.6) is 0 Å². The van der Waals surface area contributed by atoms with Crippen molar-refractivity contribution in [1.82, 2.24) is 9.97 Å². The summed E-state index contributed by atoms with van der Waals surface area (Å²) >= 11 is 0. The quantitative estimate of drug-likeness (QED) is 0.540. The van der Waals surface area contributed by atoms with Crippen LogP contribution in [-0.4, -0.2) is 30.0 Å². The van der Waals surface area contributed by atoms with Crippen LogP contribution >= 0.6 is 0 Å². The van der Waals surface area contributed by atoms with Gasteiger partial charge in [0.15, 0.2) is 17.5 Å². The second-order valence-corrected chi connectivity index (χ2v) is 7.77. The van der Waals surface area contributed by atoms with Crippen LogP contribution in [0.4, 0.5) is 24.5 Å². The maximum atomic E-state index is 14.6. The Labute approximate surface area is 158 Å². The van der Waals surface area contributed by atoms with Gasteiger partial charge in [-0.05, 0) is 18.6 Å². The van der Waals surface area contributed by atoms with Gasteiger partial charge in [-0.25, -0.2) is 26.6 Å². The zero-order valence-electron chi connectivity index (χ0n) is 14.5. The van der Waals surface area contributed by atoms with Gasteiger partial charge >= 0.3 is 0 Å². The SMILES string of the molecule is CCCS(=O)(=O)Nc1cc(F)c(F)c(C(=O)Nc2cnc3[nH]ccc3c2)c1F. The predicted octanol–water partition coefficient (Wildman–Crippen LogP) is 3.38. The number of nitrogens with one attached hydrogen (secondary N) is 3. The number of carbonyl (C=O) groups is 1. The van der Waals surface area contributed by atoms with E-state index in [0.717, 1.165) is 0 Å². The minimum absolute atomic E-state index is 0.119. The number of anilines is 2. The lowest BCUT2D eigenvalue weighted by molar-refractivity contribution is 0.101. The van der Waals surface area contributed by atoms with Crippen molar-refractivity contribution in [3.05, 3.63) is 53.6 Å². The number of carbonyl (C=O) groups excluding carboxylic acids is 1. The monoisotopic (exact) mass is 412 g/mol. The van der Waals surface area contributed by atoms with Crippen LogP contribution in [0.1, 0.15) is 23.7 Å². The molecule has 7 nitrogen and oxygen atoms in total. The van der Waals surface area contributed by atoms with Gasteiger partial charge in [-0.2, -0.15) is 0 Å². The molecule has 11 heteroatoms. The fourth-order valence-electron chi connectivity index (χ4n) is 2.57. The Morgan fingerprint density at radius 3 is 2.68 bits per heavy atom. The molecule has 0 radical (unpaired) electrons. The zero-order chi connectivity index (χ0) is 20.5. The van der Waals surface area contributed by atoms with Gasteiger partial charge in [0.1, 0.15) is 11.2 Å². The highest BCUT2D eigenvalue weighted by Crippen LogP contribution is 2.26. The lowest BCUT2D eigenvalue weighted by Crippen LogP contribution is -2.21. The Bertz CT molecular complexity index is 1160. The molecule has 0 unspecified atom stereocenters. The largest absolute Gasteiger partial charge is 0.346 e. The summed E-state index contributed by atoms with van der Waals surface area (Å²) in [5, 5.41) is 2.86. The number of nitrogens with zero attached hydrogens (tertiary/aromatic N) is 1. The summed E-state index contributed by atoms with van der Waals surface area (Å²) < 4.78 is 68.1. The van der Waals surface area contributed by atoms with Crippen molar-refractivity contribution in [2.45, 2.75) is 13.3 Å². The molecule has 2 aromatic heterocycles. The van der Waals surface area contributed by atoms with Gasteiger partial charge in [-0.3, -0.25) is 9.52 Å². The van der Waals surface area contributed by atoms with Crippen LogP contribution in [-0.2, 0) is 10.0 Å². The van der Waals surface area contributed by atoms with E-state index in [1.165, 1.54) is 12.3 Å². The van der Waals surface area contributed by atoms with E-state index in [2.05, 4.69) is 15.3 Å². The van der Waals surface area contributed by atoms with Gasteiger partial charge in [0.05, 0.1) is 23.3 Å². The normalized spacial score (nSPS) is 11.6. The van der Waals surface area contributed by atoms with E-state index in [4.69, 9.17) is 0 Å². The number of amides is 1.